The predicted molar refractivity (Wildman–Crippen MR) is 92.2 cm³/mol. The van der Waals surface area contributed by atoms with Crippen LogP contribution in [-0.4, -0.2) is 42.5 Å². The second kappa shape index (κ2) is 8.30. The molecule has 2 N–H and O–H groups in total. The first-order chi connectivity index (χ1) is 10.6. The molecule has 1 aromatic carbocycles. The number of hydrogen-bond donors (Lipinski definition) is 2. The molecule has 1 saturated heterocycles. The summed E-state index contributed by atoms with van der Waals surface area (Å²) in [5.41, 5.74) is 2.07. The average Bonchev–Trinajstić information content (AvgIpc) is 2.95. The predicted octanol–water partition coefficient (Wildman–Crippen LogP) is 2.79. The number of rotatable bonds is 7. The Morgan fingerprint density at radius 1 is 1.36 bits per heavy atom. The topological polar surface area (TPSA) is 44.4 Å². The van der Waals surface area contributed by atoms with E-state index in [9.17, 15) is 4.79 Å². The number of benzene rings is 1. The highest BCUT2D eigenvalue weighted by molar-refractivity contribution is 5.91. The molecule has 2 atom stereocenters. The van der Waals surface area contributed by atoms with Gasteiger partial charge in [-0.25, -0.2) is 0 Å². The van der Waals surface area contributed by atoms with Crippen molar-refractivity contribution in [2.45, 2.75) is 52.1 Å². The fraction of sp³-hybridized carbons (Fsp3) is 0.611. The summed E-state index contributed by atoms with van der Waals surface area (Å²) < 4.78 is 0. The third-order valence-electron chi connectivity index (χ3n) is 4.43. The number of nitrogens with zero attached hydrogens (tertiary/aromatic N) is 1. The smallest absolute Gasteiger partial charge is 0.225 e. The molecule has 0 aliphatic carbocycles. The molecule has 122 valence electrons. The average molecular weight is 303 g/mol. The molecule has 0 unspecified atom stereocenters. The lowest BCUT2D eigenvalue weighted by atomic mass is 10.1. The van der Waals surface area contributed by atoms with Gasteiger partial charge in [0.2, 0.25) is 5.91 Å². The Hall–Kier alpha value is -1.39. The van der Waals surface area contributed by atoms with E-state index in [2.05, 4.69) is 29.4 Å². The van der Waals surface area contributed by atoms with Crippen LogP contribution in [0.5, 0.6) is 0 Å². The van der Waals surface area contributed by atoms with Crippen molar-refractivity contribution in [1.29, 1.82) is 0 Å². The van der Waals surface area contributed by atoms with E-state index < -0.39 is 0 Å². The van der Waals surface area contributed by atoms with Gasteiger partial charge in [0.05, 0.1) is 0 Å². The Kier molecular flexibility index (Phi) is 6.40. The van der Waals surface area contributed by atoms with Crippen LogP contribution in [0, 0.1) is 6.92 Å². The first-order valence-corrected chi connectivity index (χ1v) is 8.42. The van der Waals surface area contributed by atoms with Gasteiger partial charge in [0, 0.05) is 30.7 Å². The molecule has 2 rings (SSSR count). The Labute approximate surface area is 134 Å². The van der Waals surface area contributed by atoms with Crippen molar-refractivity contribution in [1.82, 2.24) is 10.2 Å². The Balaban J connectivity index is 1.71. The summed E-state index contributed by atoms with van der Waals surface area (Å²) in [7, 11) is 0. The standard InChI is InChI=1S/C18H29N3O/c1-4-21-11-5-6-17(21)13-19-15(3)12-18(22)20-16-9-7-14(2)8-10-16/h7-10,15,17,19H,4-6,11-13H2,1-3H3,(H,20,22)/t15-,17-/m0/s1. The zero-order chi connectivity index (χ0) is 15.9. The van der Waals surface area contributed by atoms with Gasteiger partial charge in [-0.1, -0.05) is 24.6 Å². The monoisotopic (exact) mass is 303 g/mol. The molecule has 1 heterocycles. The SMILES string of the molecule is CCN1CCC[C@H]1CN[C@@H](C)CC(=O)Nc1ccc(C)cc1. The third-order valence-corrected chi connectivity index (χ3v) is 4.43. The maximum Gasteiger partial charge on any atom is 0.225 e. The molecule has 0 spiro atoms. The van der Waals surface area contributed by atoms with E-state index in [0.717, 1.165) is 18.8 Å². The Morgan fingerprint density at radius 2 is 2.09 bits per heavy atom. The van der Waals surface area contributed by atoms with Gasteiger partial charge in [0.15, 0.2) is 0 Å². The number of carbonyl (C=O) groups is 1. The summed E-state index contributed by atoms with van der Waals surface area (Å²) >= 11 is 0. The lowest BCUT2D eigenvalue weighted by molar-refractivity contribution is -0.116. The van der Waals surface area contributed by atoms with E-state index in [1.165, 1.54) is 24.9 Å². The summed E-state index contributed by atoms with van der Waals surface area (Å²) in [5.74, 6) is 0.0719. The molecule has 4 nitrogen and oxygen atoms in total. The molecule has 1 aliphatic heterocycles. The minimum absolute atomic E-state index is 0.0719. The lowest BCUT2D eigenvalue weighted by Crippen LogP contribution is -2.41. The second-order valence-corrected chi connectivity index (χ2v) is 6.35. The molecular formula is C18H29N3O. The highest BCUT2D eigenvalue weighted by Crippen LogP contribution is 2.16. The minimum Gasteiger partial charge on any atom is -0.326 e. The number of nitrogens with one attached hydrogen (secondary N) is 2. The van der Waals surface area contributed by atoms with E-state index in [-0.39, 0.29) is 11.9 Å². The molecule has 0 aromatic heterocycles. The van der Waals surface area contributed by atoms with Gasteiger partial charge in [0.25, 0.3) is 0 Å². The van der Waals surface area contributed by atoms with E-state index in [0.29, 0.717) is 12.5 Å². The maximum atomic E-state index is 12.1. The molecule has 0 bridgehead atoms. The van der Waals surface area contributed by atoms with Crippen LogP contribution in [0.15, 0.2) is 24.3 Å². The van der Waals surface area contributed by atoms with Gasteiger partial charge < -0.3 is 10.6 Å². The summed E-state index contributed by atoms with van der Waals surface area (Å²) in [6, 6.07) is 8.75. The second-order valence-electron chi connectivity index (χ2n) is 6.35. The van der Waals surface area contributed by atoms with Crippen molar-refractivity contribution in [2.24, 2.45) is 0 Å². The summed E-state index contributed by atoms with van der Waals surface area (Å²) in [6.07, 6.45) is 3.07. The van der Waals surface area contributed by atoms with Crippen molar-refractivity contribution >= 4 is 11.6 Å². The molecule has 0 saturated carbocycles. The van der Waals surface area contributed by atoms with Crippen molar-refractivity contribution in [3.05, 3.63) is 29.8 Å². The molecule has 4 heteroatoms. The van der Waals surface area contributed by atoms with E-state index in [4.69, 9.17) is 0 Å². The highest BCUT2D eigenvalue weighted by Gasteiger charge is 2.23. The van der Waals surface area contributed by atoms with Crippen LogP contribution in [0.4, 0.5) is 5.69 Å². The Bertz CT molecular complexity index is 472. The largest absolute Gasteiger partial charge is 0.326 e. The molecule has 0 radical (unpaired) electrons. The zero-order valence-electron chi connectivity index (χ0n) is 14.1. The molecular weight excluding hydrogens is 274 g/mol. The normalized spacial score (nSPS) is 20.0. The Morgan fingerprint density at radius 3 is 2.77 bits per heavy atom. The molecule has 1 aromatic rings. The van der Waals surface area contributed by atoms with Gasteiger partial charge in [-0.3, -0.25) is 9.69 Å². The van der Waals surface area contributed by atoms with Gasteiger partial charge in [-0.2, -0.15) is 0 Å². The van der Waals surface area contributed by atoms with Gasteiger partial charge in [-0.05, 0) is 51.9 Å². The van der Waals surface area contributed by atoms with Crippen molar-refractivity contribution < 1.29 is 4.79 Å². The number of aryl methyl sites for hydroxylation is 1. The number of likely N-dealkylation sites (tertiary alicyclic amines) is 1. The van der Waals surface area contributed by atoms with E-state index >= 15 is 0 Å². The van der Waals surface area contributed by atoms with Crippen molar-refractivity contribution in [3.8, 4) is 0 Å². The third kappa shape index (κ3) is 5.11. The van der Waals surface area contributed by atoms with E-state index in [1.54, 1.807) is 0 Å². The van der Waals surface area contributed by atoms with Crippen LogP contribution in [0.3, 0.4) is 0 Å². The number of likely N-dealkylation sites (N-methyl/N-ethyl adjacent to an activating group) is 1. The minimum atomic E-state index is 0.0719. The maximum absolute atomic E-state index is 12.1. The number of amides is 1. The first-order valence-electron chi connectivity index (χ1n) is 8.42. The van der Waals surface area contributed by atoms with Gasteiger partial charge >= 0.3 is 0 Å². The molecule has 1 aliphatic rings. The fourth-order valence-corrected chi connectivity index (χ4v) is 3.08. The number of anilines is 1. The fourth-order valence-electron chi connectivity index (χ4n) is 3.08. The summed E-state index contributed by atoms with van der Waals surface area (Å²) in [4.78, 5) is 14.6. The van der Waals surface area contributed by atoms with Crippen LogP contribution >= 0.6 is 0 Å². The lowest BCUT2D eigenvalue weighted by Gasteiger charge is -2.24. The van der Waals surface area contributed by atoms with Crippen molar-refractivity contribution in [2.75, 3.05) is 25.0 Å². The van der Waals surface area contributed by atoms with Crippen LogP contribution in [0.1, 0.15) is 38.7 Å². The van der Waals surface area contributed by atoms with Crippen LogP contribution in [0.2, 0.25) is 0 Å². The van der Waals surface area contributed by atoms with Crippen LogP contribution < -0.4 is 10.6 Å². The highest BCUT2D eigenvalue weighted by atomic mass is 16.1. The van der Waals surface area contributed by atoms with E-state index in [1.807, 2.05) is 31.2 Å². The zero-order valence-corrected chi connectivity index (χ0v) is 14.1. The molecule has 1 fully saturated rings. The molecule has 22 heavy (non-hydrogen) atoms. The summed E-state index contributed by atoms with van der Waals surface area (Å²) in [6.45, 7) is 9.66. The quantitative estimate of drug-likeness (QED) is 0.814. The van der Waals surface area contributed by atoms with Crippen molar-refractivity contribution in [3.63, 3.8) is 0 Å². The molecule has 1 amide bonds. The van der Waals surface area contributed by atoms with Crippen LogP contribution in [-0.2, 0) is 4.79 Å². The first kappa shape index (κ1) is 17.0. The summed E-state index contributed by atoms with van der Waals surface area (Å²) in [5, 5.41) is 6.47. The van der Waals surface area contributed by atoms with Gasteiger partial charge in [0.1, 0.15) is 0 Å². The van der Waals surface area contributed by atoms with Crippen LogP contribution in [0.25, 0.3) is 0 Å². The number of hydrogen-bond acceptors (Lipinski definition) is 3. The van der Waals surface area contributed by atoms with Gasteiger partial charge in [-0.15, -0.1) is 0 Å². The number of carbonyl (C=O) groups excluding carboxylic acids is 1.